The Labute approximate surface area is 241 Å². The number of thiazole rings is 1. The lowest BCUT2D eigenvalue weighted by Crippen LogP contribution is -2.40. The first kappa shape index (κ1) is 26.1. The Balaban J connectivity index is 1.65. The van der Waals surface area contributed by atoms with Gasteiger partial charge in [0.15, 0.2) is 16.3 Å². The zero-order valence-electron chi connectivity index (χ0n) is 21.5. The highest BCUT2D eigenvalue weighted by Crippen LogP contribution is 2.39. The fraction of sp³-hybridized carbons (Fsp3) is 0.167. The van der Waals surface area contributed by atoms with Crippen LogP contribution in [0.4, 0.5) is 0 Å². The number of carbonyl (C=O) groups is 1. The maximum absolute atomic E-state index is 14.1. The van der Waals surface area contributed by atoms with E-state index in [2.05, 4.69) is 15.9 Å². The van der Waals surface area contributed by atoms with Gasteiger partial charge in [0.25, 0.3) is 5.56 Å². The van der Waals surface area contributed by atoms with E-state index in [0.29, 0.717) is 37.8 Å². The molecule has 202 valence electrons. The van der Waals surface area contributed by atoms with Crippen LogP contribution in [0, 0.1) is 0 Å². The normalized spacial score (nSPS) is 16.0. The van der Waals surface area contributed by atoms with E-state index in [9.17, 15) is 9.59 Å². The van der Waals surface area contributed by atoms with Gasteiger partial charge in [0.1, 0.15) is 11.8 Å². The molecule has 0 radical (unpaired) electrons. The van der Waals surface area contributed by atoms with Crippen LogP contribution in [0.5, 0.6) is 17.2 Å². The molecule has 10 heteroatoms. The lowest BCUT2D eigenvalue weighted by molar-refractivity contribution is -0.138. The van der Waals surface area contributed by atoms with E-state index >= 15 is 0 Å². The zero-order valence-corrected chi connectivity index (χ0v) is 24.0. The minimum absolute atomic E-state index is 0.144. The minimum Gasteiger partial charge on any atom is -0.496 e. The predicted octanol–water partition coefficient (Wildman–Crippen LogP) is 4.44. The highest BCUT2D eigenvalue weighted by atomic mass is 79.9. The number of methoxy groups -OCH3 is 1. The second-order valence-electron chi connectivity index (χ2n) is 8.90. The van der Waals surface area contributed by atoms with Crippen molar-refractivity contribution in [1.82, 2.24) is 4.57 Å². The lowest BCUT2D eigenvalue weighted by Gasteiger charge is -2.27. The van der Waals surface area contributed by atoms with Crippen LogP contribution in [0.2, 0.25) is 0 Å². The monoisotopic (exact) mass is 618 g/mol. The largest absolute Gasteiger partial charge is 0.496 e. The van der Waals surface area contributed by atoms with Gasteiger partial charge in [-0.05, 0) is 36.8 Å². The van der Waals surface area contributed by atoms with Gasteiger partial charge in [0.2, 0.25) is 6.79 Å². The molecule has 0 aliphatic carbocycles. The first-order valence-electron chi connectivity index (χ1n) is 12.5. The summed E-state index contributed by atoms with van der Waals surface area (Å²) < 4.78 is 25.0. The van der Waals surface area contributed by atoms with Crippen molar-refractivity contribution >= 4 is 45.0 Å². The van der Waals surface area contributed by atoms with Crippen molar-refractivity contribution in [2.75, 3.05) is 20.5 Å². The Kier molecular flexibility index (Phi) is 7.03. The number of aromatic nitrogens is 1. The van der Waals surface area contributed by atoms with Gasteiger partial charge in [-0.3, -0.25) is 9.36 Å². The van der Waals surface area contributed by atoms with Crippen molar-refractivity contribution < 1.29 is 23.7 Å². The van der Waals surface area contributed by atoms with E-state index in [4.69, 9.17) is 23.9 Å². The summed E-state index contributed by atoms with van der Waals surface area (Å²) in [6.45, 7) is 2.06. The third-order valence-electron chi connectivity index (χ3n) is 6.59. The quantitative estimate of drug-likeness (QED) is 0.297. The molecular weight excluding hydrogens is 596 g/mol. The molecule has 1 atom stereocenters. The van der Waals surface area contributed by atoms with Crippen LogP contribution < -0.4 is 29.1 Å². The van der Waals surface area contributed by atoms with E-state index in [0.717, 1.165) is 15.6 Å². The third-order valence-corrected chi connectivity index (χ3v) is 8.26. The van der Waals surface area contributed by atoms with E-state index in [-0.39, 0.29) is 24.5 Å². The van der Waals surface area contributed by atoms with Gasteiger partial charge < -0.3 is 18.9 Å². The van der Waals surface area contributed by atoms with Gasteiger partial charge in [-0.1, -0.05) is 75.8 Å². The van der Waals surface area contributed by atoms with Crippen molar-refractivity contribution in [3.05, 3.63) is 113 Å². The summed E-state index contributed by atoms with van der Waals surface area (Å²) in [7, 11) is 1.56. The smallest absolute Gasteiger partial charge is 0.338 e. The highest BCUT2D eigenvalue weighted by Gasteiger charge is 2.36. The van der Waals surface area contributed by atoms with E-state index in [1.165, 1.54) is 11.3 Å². The summed E-state index contributed by atoms with van der Waals surface area (Å²) in [5, 5.41) is 0. The molecule has 2 aliphatic rings. The number of para-hydroxylation sites is 1. The molecule has 0 saturated carbocycles. The first-order valence-corrected chi connectivity index (χ1v) is 14.1. The summed E-state index contributed by atoms with van der Waals surface area (Å²) in [6, 6.07) is 19.6. The van der Waals surface area contributed by atoms with Crippen molar-refractivity contribution in [3.8, 4) is 17.2 Å². The zero-order chi connectivity index (χ0) is 27.8. The number of benzene rings is 3. The Bertz CT molecular complexity index is 1840. The minimum atomic E-state index is -0.830. The first-order chi connectivity index (χ1) is 19.5. The Morgan fingerprint density at radius 3 is 2.60 bits per heavy atom. The Hall–Kier alpha value is -4.15. The molecule has 3 aromatic carbocycles. The van der Waals surface area contributed by atoms with Crippen LogP contribution >= 0.6 is 27.3 Å². The molecule has 0 N–H and O–H groups in total. The number of ether oxygens (including phenoxy) is 4. The summed E-state index contributed by atoms with van der Waals surface area (Å²) in [5.74, 6) is 1.23. The molecule has 0 unspecified atom stereocenters. The van der Waals surface area contributed by atoms with Gasteiger partial charge in [0.05, 0.1) is 29.5 Å². The molecule has 0 bridgehead atoms. The summed E-state index contributed by atoms with van der Waals surface area (Å²) >= 11 is 4.82. The number of fused-ring (bicyclic) bond motifs is 2. The second kappa shape index (κ2) is 10.8. The van der Waals surface area contributed by atoms with Crippen molar-refractivity contribution in [3.63, 3.8) is 0 Å². The van der Waals surface area contributed by atoms with Crippen LogP contribution in [0.25, 0.3) is 11.8 Å². The molecule has 4 aromatic rings. The standard InChI is InChI=1S/C30H23BrN2O6S/c1-3-37-29(35)25-26(17-9-5-4-6-10-17)32-30-33(27(25)19-11-7-8-12-21(19)36-2)28(34)24(40-30)14-18-13-22-23(15-20(18)31)39-16-38-22/h4-15,27H,3,16H2,1-2H3/b24-14+/t27-/m0/s1. The van der Waals surface area contributed by atoms with Crippen molar-refractivity contribution in [1.29, 1.82) is 0 Å². The molecule has 2 aliphatic heterocycles. The molecular formula is C30H23BrN2O6S. The number of halogens is 1. The second-order valence-corrected chi connectivity index (χ2v) is 10.8. The van der Waals surface area contributed by atoms with E-state index in [1.807, 2.05) is 60.7 Å². The van der Waals surface area contributed by atoms with Crippen LogP contribution in [0.15, 0.2) is 86.6 Å². The van der Waals surface area contributed by atoms with Crippen molar-refractivity contribution in [2.24, 2.45) is 4.99 Å². The molecule has 6 rings (SSSR count). The number of hydrogen-bond donors (Lipinski definition) is 0. The van der Waals surface area contributed by atoms with Crippen LogP contribution in [-0.2, 0) is 9.53 Å². The number of nitrogens with zero attached hydrogens (tertiary/aromatic N) is 2. The summed E-state index contributed by atoms with van der Waals surface area (Å²) in [6.07, 6.45) is 1.78. The predicted molar refractivity (Wildman–Crippen MR) is 154 cm³/mol. The fourth-order valence-corrected chi connectivity index (χ4v) is 6.24. The molecule has 0 saturated heterocycles. The Morgan fingerprint density at radius 2 is 1.85 bits per heavy atom. The maximum Gasteiger partial charge on any atom is 0.338 e. The molecule has 0 amide bonds. The summed E-state index contributed by atoms with van der Waals surface area (Å²) in [4.78, 5) is 33.0. The topological polar surface area (TPSA) is 88.4 Å². The van der Waals surface area contributed by atoms with Crippen LogP contribution in [0.3, 0.4) is 0 Å². The molecule has 0 fully saturated rings. The lowest BCUT2D eigenvalue weighted by atomic mass is 9.92. The number of rotatable bonds is 6. The molecule has 3 heterocycles. The van der Waals surface area contributed by atoms with E-state index < -0.39 is 12.0 Å². The van der Waals surface area contributed by atoms with Gasteiger partial charge in [-0.2, -0.15) is 0 Å². The Morgan fingerprint density at radius 1 is 1.12 bits per heavy atom. The average Bonchev–Trinajstić information content (AvgIpc) is 3.56. The summed E-state index contributed by atoms with van der Waals surface area (Å²) in [5.41, 5.74) is 2.55. The van der Waals surface area contributed by atoms with Gasteiger partial charge in [-0.15, -0.1) is 0 Å². The number of carbonyl (C=O) groups excluding carboxylic acids is 1. The molecule has 40 heavy (non-hydrogen) atoms. The molecule has 1 aromatic heterocycles. The van der Waals surface area contributed by atoms with E-state index in [1.54, 1.807) is 30.7 Å². The van der Waals surface area contributed by atoms with Crippen molar-refractivity contribution in [2.45, 2.75) is 13.0 Å². The average molecular weight is 619 g/mol. The highest BCUT2D eigenvalue weighted by molar-refractivity contribution is 9.10. The molecule has 0 spiro atoms. The fourth-order valence-electron chi connectivity index (χ4n) is 4.81. The number of hydrogen-bond acceptors (Lipinski definition) is 8. The maximum atomic E-state index is 14.1. The van der Waals surface area contributed by atoms with Gasteiger partial charge in [0, 0.05) is 15.6 Å². The van der Waals surface area contributed by atoms with Crippen LogP contribution in [-0.4, -0.2) is 31.0 Å². The van der Waals surface area contributed by atoms with Crippen LogP contribution in [0.1, 0.15) is 29.7 Å². The van der Waals surface area contributed by atoms with Gasteiger partial charge in [-0.25, -0.2) is 9.79 Å². The number of esters is 1. The molecule has 8 nitrogen and oxygen atoms in total. The third kappa shape index (κ3) is 4.52. The van der Waals surface area contributed by atoms with Gasteiger partial charge >= 0.3 is 5.97 Å². The SMILES string of the molecule is CCOC(=O)C1=C(c2ccccc2)N=c2s/c(=C/c3cc4c(cc3Br)OCO4)c(=O)n2[C@H]1c1ccccc1OC.